The highest BCUT2D eigenvalue weighted by Crippen LogP contribution is 2.33. The molecule has 0 radical (unpaired) electrons. The molecular formula is C41H32F6N2O9. The molecule has 4 aromatic carbocycles. The minimum atomic E-state index is -4.40. The Hall–Kier alpha value is -7.04. The van der Waals surface area contributed by atoms with Gasteiger partial charge in [0.25, 0.3) is 0 Å². The lowest BCUT2D eigenvalue weighted by molar-refractivity contribution is -0.139. The Balaban J connectivity index is 0.000000221. The van der Waals surface area contributed by atoms with Gasteiger partial charge in [-0.1, -0.05) is 12.1 Å². The first-order valence-electron chi connectivity index (χ1n) is 16.9. The number of carboxylic acid groups (broad SMARTS) is 2. The van der Waals surface area contributed by atoms with Gasteiger partial charge in [-0.3, -0.25) is 0 Å². The van der Waals surface area contributed by atoms with E-state index in [4.69, 9.17) is 33.3 Å². The maximum absolute atomic E-state index is 12.7. The van der Waals surface area contributed by atoms with Crippen molar-refractivity contribution in [2.45, 2.75) is 39.4 Å². The molecule has 2 heterocycles. The minimum absolute atomic E-state index is 0.0643. The van der Waals surface area contributed by atoms with E-state index in [1.165, 1.54) is 30.3 Å². The number of alkyl halides is 6. The monoisotopic (exact) mass is 810 g/mol. The highest BCUT2D eigenvalue weighted by molar-refractivity contribution is 5.85. The molecular weight excluding hydrogens is 778 g/mol. The fourth-order valence-electron chi connectivity index (χ4n) is 4.89. The molecule has 2 aromatic heterocycles. The highest BCUT2D eigenvalue weighted by atomic mass is 19.4. The molecule has 302 valence electrons. The number of benzene rings is 4. The van der Waals surface area contributed by atoms with Gasteiger partial charge in [0.2, 0.25) is 11.8 Å². The summed E-state index contributed by atoms with van der Waals surface area (Å²) in [6, 6.07) is 22.2. The molecule has 0 saturated heterocycles. The number of oxazole rings is 2. The summed E-state index contributed by atoms with van der Waals surface area (Å²) in [6.45, 7) is 3.14. The number of hydrogen-bond donors (Lipinski definition) is 2. The fourth-order valence-corrected chi connectivity index (χ4v) is 4.89. The summed E-state index contributed by atoms with van der Waals surface area (Å²) in [4.78, 5) is 29.5. The summed E-state index contributed by atoms with van der Waals surface area (Å²) in [5.74, 6) is 0.631. The third kappa shape index (κ3) is 12.0. The van der Waals surface area contributed by atoms with Gasteiger partial charge in [0, 0.05) is 17.2 Å². The third-order valence-corrected chi connectivity index (χ3v) is 7.93. The van der Waals surface area contributed by atoms with Crippen molar-refractivity contribution in [3.63, 3.8) is 0 Å². The number of aliphatic carboxylic acids is 2. The number of halogens is 6. The Bertz CT molecular complexity index is 2330. The molecule has 0 unspecified atom stereocenters. The third-order valence-electron chi connectivity index (χ3n) is 7.93. The summed E-state index contributed by atoms with van der Waals surface area (Å²) < 4.78 is 104. The summed E-state index contributed by atoms with van der Waals surface area (Å²) in [6.07, 6.45) is -6.30. The smallest absolute Gasteiger partial charge is 0.416 e. The van der Waals surface area contributed by atoms with Crippen LogP contribution in [0.3, 0.4) is 0 Å². The summed E-state index contributed by atoms with van der Waals surface area (Å²) in [5, 5.41) is 17.2. The molecule has 0 atom stereocenters. The van der Waals surface area contributed by atoms with Crippen molar-refractivity contribution in [2.75, 3.05) is 6.61 Å². The van der Waals surface area contributed by atoms with E-state index in [9.17, 15) is 35.9 Å². The van der Waals surface area contributed by atoms with Crippen LogP contribution in [-0.2, 0) is 35.2 Å². The van der Waals surface area contributed by atoms with Gasteiger partial charge in [-0.05, 0) is 110 Å². The SMILES string of the molecule is Cc1nc(-c2ccc(C(F)(F)F)cc2)oc1COc1ccc(C=CC(=O)O)cc1.Cc1nc(-c2ccc(C(F)(F)F)cc2)oc1COc1ccc(OCC(=O)O)cc1. The molecule has 0 aliphatic heterocycles. The van der Waals surface area contributed by atoms with Gasteiger partial charge in [-0.25, -0.2) is 19.6 Å². The Kier molecular flexibility index (Phi) is 13.3. The molecule has 6 aromatic rings. The number of rotatable bonds is 13. The predicted molar refractivity (Wildman–Crippen MR) is 195 cm³/mol. The number of carbonyl (C=O) groups is 2. The van der Waals surface area contributed by atoms with Crippen molar-refractivity contribution in [1.29, 1.82) is 0 Å². The minimum Gasteiger partial charge on any atom is -0.486 e. The Labute approximate surface area is 325 Å². The van der Waals surface area contributed by atoms with E-state index < -0.39 is 42.0 Å². The van der Waals surface area contributed by atoms with Crippen LogP contribution in [0.2, 0.25) is 0 Å². The average molecular weight is 811 g/mol. The second-order valence-electron chi connectivity index (χ2n) is 12.2. The van der Waals surface area contributed by atoms with Gasteiger partial charge in [0.15, 0.2) is 18.1 Å². The molecule has 0 spiro atoms. The molecule has 0 aliphatic rings. The molecule has 0 fully saturated rings. The van der Waals surface area contributed by atoms with Gasteiger partial charge < -0.3 is 33.3 Å². The van der Waals surface area contributed by atoms with Crippen LogP contribution in [0, 0.1) is 13.8 Å². The van der Waals surface area contributed by atoms with Gasteiger partial charge in [-0.15, -0.1) is 0 Å². The number of aromatic nitrogens is 2. The van der Waals surface area contributed by atoms with Crippen LogP contribution in [0.5, 0.6) is 17.2 Å². The predicted octanol–water partition coefficient (Wildman–Crippen LogP) is 10.1. The summed E-state index contributed by atoms with van der Waals surface area (Å²) in [7, 11) is 0. The van der Waals surface area contributed by atoms with E-state index >= 15 is 0 Å². The summed E-state index contributed by atoms with van der Waals surface area (Å²) >= 11 is 0. The molecule has 58 heavy (non-hydrogen) atoms. The molecule has 0 aliphatic carbocycles. The molecule has 6 rings (SSSR count). The lowest BCUT2D eigenvalue weighted by Gasteiger charge is -2.07. The van der Waals surface area contributed by atoms with E-state index in [2.05, 4.69) is 9.97 Å². The van der Waals surface area contributed by atoms with Crippen LogP contribution in [0.25, 0.3) is 29.0 Å². The van der Waals surface area contributed by atoms with Crippen LogP contribution >= 0.6 is 0 Å². The van der Waals surface area contributed by atoms with Crippen molar-refractivity contribution in [2.24, 2.45) is 0 Å². The highest BCUT2D eigenvalue weighted by Gasteiger charge is 2.31. The van der Waals surface area contributed by atoms with E-state index in [-0.39, 0.29) is 25.0 Å². The zero-order valence-electron chi connectivity index (χ0n) is 30.4. The maximum Gasteiger partial charge on any atom is 0.416 e. The Morgan fingerprint density at radius 2 is 0.983 bits per heavy atom. The Morgan fingerprint density at radius 3 is 1.34 bits per heavy atom. The van der Waals surface area contributed by atoms with E-state index in [0.717, 1.165) is 30.3 Å². The lowest BCUT2D eigenvalue weighted by Crippen LogP contribution is -2.09. The van der Waals surface area contributed by atoms with E-state index in [0.29, 0.717) is 56.8 Å². The number of hydrogen-bond acceptors (Lipinski definition) is 9. The van der Waals surface area contributed by atoms with Crippen molar-refractivity contribution in [3.05, 3.63) is 143 Å². The number of nitrogens with zero attached hydrogens (tertiary/aromatic N) is 2. The van der Waals surface area contributed by atoms with Gasteiger partial charge in [0.1, 0.15) is 30.5 Å². The largest absolute Gasteiger partial charge is 0.486 e. The standard InChI is InChI=1S/C21H16F3NO4.C20H16F3NO5/c1-13-18(12-28-17-9-2-14(3-10-17)4-11-19(26)27)29-20(25-13)15-5-7-16(8-6-15)21(22,23)24;1-12-17(10-27-15-6-8-16(9-7-15)28-11-18(25)26)29-19(24-12)13-2-4-14(5-3-13)20(21,22)23/h2-11H,12H2,1H3,(H,26,27);2-9H,10-11H2,1H3,(H,25,26). The molecule has 11 nitrogen and oxygen atoms in total. The topological polar surface area (TPSA) is 154 Å². The van der Waals surface area contributed by atoms with Crippen LogP contribution < -0.4 is 14.2 Å². The molecule has 2 N–H and O–H groups in total. The fraction of sp³-hybridized carbons (Fsp3) is 0.171. The molecule has 0 saturated carbocycles. The van der Waals surface area contributed by atoms with Crippen LogP contribution in [-0.4, -0.2) is 38.7 Å². The maximum atomic E-state index is 12.7. The zero-order valence-corrected chi connectivity index (χ0v) is 30.4. The zero-order chi connectivity index (χ0) is 42.0. The number of aryl methyl sites for hydroxylation is 2. The van der Waals surface area contributed by atoms with E-state index in [1.807, 2.05) is 0 Å². The first-order valence-corrected chi connectivity index (χ1v) is 16.9. The van der Waals surface area contributed by atoms with E-state index in [1.54, 1.807) is 62.4 Å². The van der Waals surface area contributed by atoms with Gasteiger partial charge in [-0.2, -0.15) is 26.3 Å². The van der Waals surface area contributed by atoms with Crippen LogP contribution in [0.15, 0.2) is 112 Å². The first-order chi connectivity index (χ1) is 27.4. The quantitative estimate of drug-likeness (QED) is 0.0846. The van der Waals surface area contributed by atoms with Crippen molar-refractivity contribution in [1.82, 2.24) is 9.97 Å². The second-order valence-corrected chi connectivity index (χ2v) is 12.2. The summed E-state index contributed by atoms with van der Waals surface area (Å²) in [5.41, 5.74) is 1.20. The lowest BCUT2D eigenvalue weighted by atomic mass is 10.1. The molecule has 0 amide bonds. The molecule has 17 heteroatoms. The average Bonchev–Trinajstić information content (AvgIpc) is 3.76. The second kappa shape index (κ2) is 18.3. The normalized spacial score (nSPS) is 11.5. The Morgan fingerprint density at radius 1 is 0.603 bits per heavy atom. The van der Waals surface area contributed by atoms with Crippen LogP contribution in [0.4, 0.5) is 26.3 Å². The molecule has 0 bridgehead atoms. The van der Waals surface area contributed by atoms with Crippen molar-refractivity contribution in [3.8, 4) is 40.2 Å². The van der Waals surface area contributed by atoms with Crippen molar-refractivity contribution >= 4 is 18.0 Å². The first kappa shape index (κ1) is 42.1. The number of carboxylic acids is 2. The van der Waals surface area contributed by atoms with Gasteiger partial charge >= 0.3 is 24.3 Å². The van der Waals surface area contributed by atoms with Gasteiger partial charge in [0.05, 0.1) is 22.5 Å². The number of ether oxygens (including phenoxy) is 3. The van der Waals surface area contributed by atoms with Crippen molar-refractivity contribution < 1.29 is 69.2 Å². The van der Waals surface area contributed by atoms with Crippen LogP contribution in [0.1, 0.15) is 39.6 Å².